The molecule has 0 spiro atoms. The molecule has 1 unspecified atom stereocenters. The van der Waals surface area contributed by atoms with Gasteiger partial charge in [0.05, 0.1) is 12.1 Å². The van der Waals surface area contributed by atoms with Crippen LogP contribution in [0.2, 0.25) is 0 Å². The number of hydrogen-bond acceptors (Lipinski definition) is 2. The quantitative estimate of drug-likeness (QED) is 0.788. The predicted molar refractivity (Wildman–Crippen MR) is 79.4 cm³/mol. The Morgan fingerprint density at radius 3 is 2.15 bits per heavy atom. The lowest BCUT2D eigenvalue weighted by molar-refractivity contribution is -0.207. The van der Waals surface area contributed by atoms with Crippen molar-refractivity contribution in [3.8, 4) is 0 Å². The number of para-hydroxylation sites is 1. The first kappa shape index (κ1) is 18.2. The Morgan fingerprint density at radius 1 is 1.00 bits per heavy atom. The zero-order chi connectivity index (χ0) is 19.3. The van der Waals surface area contributed by atoms with Crippen LogP contribution in [0.3, 0.4) is 0 Å². The molecule has 1 atom stereocenters. The smallest absolute Gasteiger partial charge is 0.379 e. The van der Waals surface area contributed by atoms with E-state index < -0.39 is 53.2 Å². The van der Waals surface area contributed by atoms with Crippen LogP contribution in [0.5, 0.6) is 0 Å². The van der Waals surface area contributed by atoms with E-state index in [9.17, 15) is 36.2 Å². The van der Waals surface area contributed by atoms with Gasteiger partial charge in [-0.2, -0.15) is 26.3 Å². The van der Waals surface area contributed by atoms with E-state index in [4.69, 9.17) is 0 Å². The van der Waals surface area contributed by atoms with Crippen LogP contribution in [0.4, 0.5) is 32.0 Å². The van der Waals surface area contributed by atoms with E-state index in [-0.39, 0.29) is 6.07 Å². The average Bonchev–Trinajstić information content (AvgIpc) is 2.89. The average molecular weight is 375 g/mol. The minimum Gasteiger partial charge on any atom is -0.379 e. The summed E-state index contributed by atoms with van der Waals surface area (Å²) in [7, 11) is 0. The van der Waals surface area contributed by atoms with Crippen molar-refractivity contribution in [2.45, 2.75) is 25.0 Å². The summed E-state index contributed by atoms with van der Waals surface area (Å²) in [6, 6.07) is 8.73. The molecule has 3 nitrogen and oxygen atoms in total. The highest BCUT2D eigenvalue weighted by Gasteiger charge is 2.44. The van der Waals surface area contributed by atoms with E-state index in [1.54, 1.807) is 18.2 Å². The van der Waals surface area contributed by atoms with Crippen molar-refractivity contribution in [3.63, 3.8) is 0 Å². The maximum absolute atomic E-state index is 13.3. The number of anilines is 1. The minimum atomic E-state index is -5.15. The molecule has 9 heteroatoms. The fourth-order valence-corrected chi connectivity index (χ4v) is 2.85. The standard InChI is InChI=1S/C17H11F6NO2/c18-16(19,20)13-7-9(14(25)17(21,22)23)6-11-12(13)8-24(15(11)26)10-4-2-1-3-5-10/h1-7,14,25H,8H2. The lowest BCUT2D eigenvalue weighted by Gasteiger charge is -2.18. The normalized spacial score (nSPS) is 16.0. The fraction of sp³-hybridized carbons (Fsp3) is 0.235. The van der Waals surface area contributed by atoms with Crippen LogP contribution in [0.1, 0.15) is 33.2 Å². The van der Waals surface area contributed by atoms with Crippen LogP contribution >= 0.6 is 0 Å². The third-order valence-electron chi connectivity index (χ3n) is 4.06. The third-order valence-corrected chi connectivity index (χ3v) is 4.06. The van der Waals surface area contributed by atoms with Crippen molar-refractivity contribution in [3.05, 3.63) is 64.7 Å². The van der Waals surface area contributed by atoms with Crippen LogP contribution in [-0.2, 0) is 12.7 Å². The van der Waals surface area contributed by atoms with E-state index in [1.165, 1.54) is 12.1 Å². The predicted octanol–water partition coefficient (Wildman–Crippen LogP) is 4.46. The third kappa shape index (κ3) is 3.14. The summed E-state index contributed by atoms with van der Waals surface area (Å²) >= 11 is 0. The molecule has 2 aromatic carbocycles. The van der Waals surface area contributed by atoms with Crippen LogP contribution in [0, 0.1) is 0 Å². The summed E-state index contributed by atoms with van der Waals surface area (Å²) in [6.07, 6.45) is -13.2. The number of carbonyl (C=O) groups is 1. The lowest BCUT2D eigenvalue weighted by Crippen LogP contribution is -2.23. The van der Waals surface area contributed by atoms with Gasteiger partial charge in [0.25, 0.3) is 5.91 Å². The molecule has 26 heavy (non-hydrogen) atoms. The molecule has 0 saturated heterocycles. The number of benzene rings is 2. The van der Waals surface area contributed by atoms with Crippen LogP contribution in [0.25, 0.3) is 0 Å². The molecule has 1 N–H and O–H groups in total. The van der Waals surface area contributed by atoms with Gasteiger partial charge in [-0.15, -0.1) is 0 Å². The molecule has 0 saturated carbocycles. The zero-order valence-corrected chi connectivity index (χ0v) is 12.9. The van der Waals surface area contributed by atoms with Gasteiger partial charge in [0.1, 0.15) is 0 Å². The summed E-state index contributed by atoms with van der Waals surface area (Å²) in [5.41, 5.74) is -2.97. The second kappa shape index (κ2) is 6.01. The topological polar surface area (TPSA) is 40.5 Å². The van der Waals surface area contributed by atoms with Gasteiger partial charge in [0, 0.05) is 11.3 Å². The fourth-order valence-electron chi connectivity index (χ4n) is 2.85. The van der Waals surface area contributed by atoms with Gasteiger partial charge in [0.15, 0.2) is 6.10 Å². The molecule has 2 aromatic rings. The van der Waals surface area contributed by atoms with Crippen molar-refractivity contribution in [1.82, 2.24) is 0 Å². The van der Waals surface area contributed by atoms with Crippen LogP contribution in [-0.4, -0.2) is 17.2 Å². The molecular weight excluding hydrogens is 364 g/mol. The summed E-state index contributed by atoms with van der Waals surface area (Å²) in [4.78, 5) is 13.5. The Bertz CT molecular complexity index is 845. The molecule has 1 amide bonds. The molecular formula is C17H11F6NO2. The molecule has 0 radical (unpaired) electrons. The van der Waals surface area contributed by atoms with Gasteiger partial charge in [-0.1, -0.05) is 18.2 Å². The maximum Gasteiger partial charge on any atom is 0.418 e. The molecule has 0 bridgehead atoms. The number of carbonyl (C=O) groups excluding carboxylic acids is 1. The number of rotatable bonds is 2. The summed E-state index contributed by atoms with van der Waals surface area (Å²) in [5.74, 6) is -0.854. The van der Waals surface area contributed by atoms with E-state index in [0.717, 1.165) is 4.90 Å². The number of hydrogen-bond donors (Lipinski definition) is 1. The highest BCUT2D eigenvalue weighted by Crippen LogP contribution is 2.42. The molecule has 138 valence electrons. The maximum atomic E-state index is 13.3. The number of halogens is 6. The molecule has 0 aromatic heterocycles. The van der Waals surface area contributed by atoms with Crippen molar-refractivity contribution < 1.29 is 36.2 Å². The molecule has 1 aliphatic rings. The Morgan fingerprint density at radius 2 is 1.62 bits per heavy atom. The number of aliphatic hydroxyl groups excluding tert-OH is 1. The number of nitrogens with zero attached hydrogens (tertiary/aromatic N) is 1. The van der Waals surface area contributed by atoms with Crippen LogP contribution in [0.15, 0.2) is 42.5 Å². The van der Waals surface area contributed by atoms with Crippen molar-refractivity contribution >= 4 is 11.6 Å². The SMILES string of the molecule is O=C1c2cc(C(O)C(F)(F)F)cc(C(F)(F)F)c2CN1c1ccccc1. The van der Waals surface area contributed by atoms with Gasteiger partial charge in [-0.3, -0.25) is 4.79 Å². The molecule has 1 aliphatic heterocycles. The Balaban J connectivity index is 2.14. The second-order valence-electron chi connectivity index (χ2n) is 5.76. The number of aliphatic hydroxyl groups is 1. The lowest BCUT2D eigenvalue weighted by atomic mass is 9.96. The Labute approximate surface area is 143 Å². The molecule has 3 rings (SSSR count). The number of alkyl halides is 6. The zero-order valence-electron chi connectivity index (χ0n) is 12.9. The van der Waals surface area contributed by atoms with E-state index in [0.29, 0.717) is 11.8 Å². The van der Waals surface area contributed by atoms with Crippen LogP contribution < -0.4 is 4.90 Å². The van der Waals surface area contributed by atoms with Crippen molar-refractivity contribution in [2.75, 3.05) is 4.90 Å². The summed E-state index contributed by atoms with van der Waals surface area (Å²) in [6.45, 7) is -0.421. The van der Waals surface area contributed by atoms with Gasteiger partial charge in [-0.05, 0) is 35.4 Å². The largest absolute Gasteiger partial charge is 0.418 e. The second-order valence-corrected chi connectivity index (χ2v) is 5.76. The molecule has 0 fully saturated rings. The first-order valence-electron chi connectivity index (χ1n) is 7.36. The van der Waals surface area contributed by atoms with Crippen molar-refractivity contribution in [1.29, 1.82) is 0 Å². The van der Waals surface area contributed by atoms with E-state index in [2.05, 4.69) is 0 Å². The van der Waals surface area contributed by atoms with E-state index >= 15 is 0 Å². The number of amides is 1. The Kier molecular flexibility index (Phi) is 4.22. The first-order chi connectivity index (χ1) is 12.0. The highest BCUT2D eigenvalue weighted by atomic mass is 19.4. The molecule has 1 heterocycles. The first-order valence-corrected chi connectivity index (χ1v) is 7.36. The van der Waals surface area contributed by atoms with Gasteiger partial charge in [-0.25, -0.2) is 0 Å². The molecule has 0 aliphatic carbocycles. The summed E-state index contributed by atoms with van der Waals surface area (Å²) in [5, 5.41) is 9.33. The minimum absolute atomic E-state index is 0.249. The van der Waals surface area contributed by atoms with Gasteiger partial charge < -0.3 is 10.0 Å². The summed E-state index contributed by atoms with van der Waals surface area (Å²) < 4.78 is 78.2. The van der Waals surface area contributed by atoms with Gasteiger partial charge >= 0.3 is 12.4 Å². The highest BCUT2D eigenvalue weighted by molar-refractivity contribution is 6.10. The van der Waals surface area contributed by atoms with E-state index in [1.807, 2.05) is 0 Å². The monoisotopic (exact) mass is 375 g/mol. The van der Waals surface area contributed by atoms with Crippen molar-refractivity contribution in [2.24, 2.45) is 0 Å². The number of fused-ring (bicyclic) bond motifs is 1. The Hall–Kier alpha value is -2.55. The van der Waals surface area contributed by atoms with Gasteiger partial charge in [0.2, 0.25) is 0 Å².